The number of unbranched alkanes of at least 4 members (excludes halogenated alkanes) is 4. The van der Waals surface area contributed by atoms with Crippen molar-refractivity contribution in [2.45, 2.75) is 50.3 Å². The number of rotatable bonds is 13. The summed E-state index contributed by atoms with van der Waals surface area (Å²) in [7, 11) is 1.58. The minimum atomic E-state index is -0.438. The molecule has 2 aromatic rings. The second-order valence-electron chi connectivity index (χ2n) is 8.74. The molecule has 7 nitrogen and oxygen atoms in total. The van der Waals surface area contributed by atoms with Crippen LogP contribution in [-0.4, -0.2) is 46.4 Å². The molecule has 0 bridgehead atoms. The van der Waals surface area contributed by atoms with E-state index in [1.807, 2.05) is 36.4 Å². The van der Waals surface area contributed by atoms with Crippen molar-refractivity contribution in [2.75, 3.05) is 19.5 Å². The molecule has 0 fully saturated rings. The summed E-state index contributed by atoms with van der Waals surface area (Å²) in [5.74, 6) is 1.52. The van der Waals surface area contributed by atoms with Crippen LogP contribution in [0.5, 0.6) is 11.5 Å². The normalized spacial score (nSPS) is 16.0. The maximum atomic E-state index is 12.8. The van der Waals surface area contributed by atoms with Crippen LogP contribution in [0.3, 0.4) is 0 Å². The monoisotopic (exact) mass is 570 g/mol. The number of hydrazone groups is 1. The number of carbonyl (C=O) groups is 1. The van der Waals surface area contributed by atoms with Gasteiger partial charge in [0.15, 0.2) is 17.3 Å². The van der Waals surface area contributed by atoms with E-state index in [0.717, 1.165) is 35.0 Å². The molecule has 1 N–H and O–H groups in total. The summed E-state index contributed by atoms with van der Waals surface area (Å²) < 4.78 is 11.5. The fourth-order valence-corrected chi connectivity index (χ4v) is 5.70. The molecule has 0 saturated carbocycles. The van der Waals surface area contributed by atoms with Gasteiger partial charge in [-0.25, -0.2) is 0 Å². The number of aliphatic imine (C=N–C) groups is 1. The molecule has 1 amide bonds. The molecule has 2 heterocycles. The van der Waals surface area contributed by atoms with Crippen LogP contribution in [0.4, 0.5) is 0 Å². The zero-order valence-electron chi connectivity index (χ0n) is 21.5. The fraction of sp³-hybridized carbons (Fsp3) is 0.357. The quantitative estimate of drug-likeness (QED) is 0.152. The molecule has 0 saturated heterocycles. The van der Waals surface area contributed by atoms with Crippen molar-refractivity contribution < 1.29 is 14.3 Å². The number of amidine groups is 2. The Morgan fingerprint density at radius 1 is 1.11 bits per heavy atom. The molecule has 10 heteroatoms. The van der Waals surface area contributed by atoms with E-state index >= 15 is 0 Å². The fourth-order valence-electron chi connectivity index (χ4n) is 3.91. The largest absolute Gasteiger partial charge is 0.493 e. The second-order valence-corrected chi connectivity index (χ2v) is 11.4. The number of nitrogens with one attached hydrogen (secondary N) is 1. The number of nitrogens with zero attached hydrogens (tertiary/aromatic N) is 3. The Bertz CT molecular complexity index is 1260. The van der Waals surface area contributed by atoms with E-state index in [9.17, 15) is 4.79 Å². The Kier molecular flexibility index (Phi) is 10.3. The highest BCUT2D eigenvalue weighted by Crippen LogP contribution is 2.32. The van der Waals surface area contributed by atoms with Crippen molar-refractivity contribution in [1.82, 2.24) is 5.01 Å². The number of carbonyl (C=O) groups excluding carboxylic acids is 1. The van der Waals surface area contributed by atoms with Crippen molar-refractivity contribution in [3.8, 4) is 11.5 Å². The van der Waals surface area contributed by atoms with Crippen LogP contribution in [0.2, 0.25) is 5.02 Å². The summed E-state index contributed by atoms with van der Waals surface area (Å²) in [5, 5.41) is 16.7. The zero-order valence-corrected chi connectivity index (χ0v) is 23.9. The molecular weight excluding hydrogens is 540 g/mol. The molecule has 2 aromatic carbocycles. The first-order chi connectivity index (χ1) is 18.5. The van der Waals surface area contributed by atoms with Crippen LogP contribution in [0.15, 0.2) is 63.0 Å². The van der Waals surface area contributed by atoms with Crippen LogP contribution in [0.25, 0.3) is 6.08 Å². The maximum absolute atomic E-state index is 12.8. The van der Waals surface area contributed by atoms with Gasteiger partial charge in [-0.15, -0.1) is 11.8 Å². The van der Waals surface area contributed by atoms with E-state index in [1.54, 1.807) is 31.0 Å². The smallest absolute Gasteiger partial charge is 0.283 e. The molecule has 2 aliphatic rings. The number of thioether (sulfide) groups is 2. The lowest BCUT2D eigenvalue weighted by atomic mass is 10.1. The molecule has 4 rings (SSSR count). The molecule has 38 heavy (non-hydrogen) atoms. The summed E-state index contributed by atoms with van der Waals surface area (Å²) in [6.45, 7) is 2.69. The average Bonchev–Trinajstić information content (AvgIpc) is 3.33. The number of benzene rings is 2. The summed E-state index contributed by atoms with van der Waals surface area (Å²) >= 11 is 9.00. The minimum absolute atomic E-state index is 0.0343. The number of amides is 1. The Morgan fingerprint density at radius 2 is 1.89 bits per heavy atom. The molecule has 200 valence electrons. The van der Waals surface area contributed by atoms with E-state index in [2.05, 4.69) is 17.0 Å². The first-order valence-electron chi connectivity index (χ1n) is 12.7. The van der Waals surface area contributed by atoms with E-state index in [4.69, 9.17) is 26.5 Å². The molecule has 0 spiro atoms. The van der Waals surface area contributed by atoms with E-state index in [-0.39, 0.29) is 11.4 Å². The third kappa shape index (κ3) is 7.42. The molecule has 0 aliphatic carbocycles. The Balaban J connectivity index is 1.37. The molecular formula is C28H31ClN4O3S2. The minimum Gasteiger partial charge on any atom is -0.493 e. The van der Waals surface area contributed by atoms with E-state index in [0.29, 0.717) is 33.9 Å². The van der Waals surface area contributed by atoms with Gasteiger partial charge in [0.2, 0.25) is 5.17 Å². The predicted octanol–water partition coefficient (Wildman–Crippen LogP) is 7.50. The lowest BCUT2D eigenvalue weighted by Crippen LogP contribution is -2.35. The van der Waals surface area contributed by atoms with Gasteiger partial charge in [0.05, 0.1) is 19.3 Å². The van der Waals surface area contributed by atoms with Gasteiger partial charge >= 0.3 is 0 Å². The Hall–Kier alpha value is -2.75. The molecule has 0 atom stereocenters. The summed E-state index contributed by atoms with van der Waals surface area (Å²) in [5.41, 5.74) is 0.904. The standard InChI is InChI=1S/C28H31ClN4O3S2/c1-3-4-5-6-7-8-25-32-33-26(30)22(27(34)31-28(33)38-25)17-19-9-14-23(24(18-19)35-2)36-15-16-37-21-12-10-20(29)11-13-21/h9-14,17-18,30H,3-8,15-16H2,1-2H3. The summed E-state index contributed by atoms with van der Waals surface area (Å²) in [4.78, 5) is 18.1. The van der Waals surface area contributed by atoms with Crippen molar-refractivity contribution in [1.29, 1.82) is 5.41 Å². The van der Waals surface area contributed by atoms with Gasteiger partial charge < -0.3 is 9.47 Å². The second kappa shape index (κ2) is 13.9. The predicted molar refractivity (Wildman–Crippen MR) is 159 cm³/mol. The van der Waals surface area contributed by atoms with Crippen molar-refractivity contribution in [2.24, 2.45) is 10.1 Å². The highest BCUT2D eigenvalue weighted by Gasteiger charge is 2.35. The number of methoxy groups -OCH3 is 1. The van der Waals surface area contributed by atoms with E-state index < -0.39 is 5.91 Å². The van der Waals surface area contributed by atoms with Crippen molar-refractivity contribution >= 4 is 63.2 Å². The number of ether oxygens (including phenoxy) is 2. The van der Waals surface area contributed by atoms with Crippen molar-refractivity contribution in [3.05, 3.63) is 58.6 Å². The number of fused-ring (bicyclic) bond motifs is 1. The third-order valence-corrected chi connectivity index (χ3v) is 8.11. The van der Waals surface area contributed by atoms with Crippen LogP contribution < -0.4 is 9.47 Å². The van der Waals surface area contributed by atoms with Crippen LogP contribution in [0.1, 0.15) is 51.0 Å². The summed E-state index contributed by atoms with van der Waals surface area (Å²) in [6.07, 6.45) is 8.36. The van der Waals surface area contributed by atoms with Gasteiger partial charge in [0, 0.05) is 15.7 Å². The van der Waals surface area contributed by atoms with Gasteiger partial charge in [0.1, 0.15) is 5.04 Å². The lowest BCUT2D eigenvalue weighted by Gasteiger charge is -2.20. The van der Waals surface area contributed by atoms with Gasteiger partial charge in [-0.2, -0.15) is 15.1 Å². The van der Waals surface area contributed by atoms with Crippen LogP contribution in [0, 0.1) is 5.41 Å². The van der Waals surface area contributed by atoms with Crippen LogP contribution in [-0.2, 0) is 4.79 Å². The Morgan fingerprint density at radius 3 is 2.66 bits per heavy atom. The van der Waals surface area contributed by atoms with Gasteiger partial charge in [0.25, 0.3) is 5.91 Å². The average molecular weight is 571 g/mol. The van der Waals surface area contributed by atoms with Crippen LogP contribution >= 0.6 is 35.1 Å². The first kappa shape index (κ1) is 28.3. The zero-order chi connectivity index (χ0) is 26.9. The van der Waals surface area contributed by atoms with Gasteiger partial charge in [-0.05, 0) is 72.6 Å². The maximum Gasteiger partial charge on any atom is 0.283 e. The number of hydrogen-bond donors (Lipinski definition) is 1. The number of hydrogen-bond acceptors (Lipinski definition) is 7. The molecule has 0 aromatic heterocycles. The Labute approximate surface area is 237 Å². The SMILES string of the molecule is CCCCCCCC1=NN2C(=N)C(=Cc3ccc(OCCSc4ccc(Cl)cc4)c(OC)c3)C(=O)N=C2S1. The molecule has 0 unspecified atom stereocenters. The highest BCUT2D eigenvalue weighted by atomic mass is 35.5. The van der Waals surface area contributed by atoms with E-state index in [1.165, 1.54) is 36.0 Å². The van der Waals surface area contributed by atoms with Crippen molar-refractivity contribution in [3.63, 3.8) is 0 Å². The first-order valence-corrected chi connectivity index (χ1v) is 14.8. The molecule has 2 aliphatic heterocycles. The number of halogens is 1. The van der Waals surface area contributed by atoms with Gasteiger partial charge in [-0.1, -0.05) is 50.3 Å². The van der Waals surface area contributed by atoms with Gasteiger partial charge in [-0.3, -0.25) is 10.2 Å². The lowest BCUT2D eigenvalue weighted by molar-refractivity contribution is -0.114. The molecule has 0 radical (unpaired) electrons. The topological polar surface area (TPSA) is 87.3 Å². The highest BCUT2D eigenvalue weighted by molar-refractivity contribution is 8.26. The summed E-state index contributed by atoms with van der Waals surface area (Å²) in [6, 6.07) is 13.1. The third-order valence-electron chi connectivity index (χ3n) is 5.91.